The van der Waals surface area contributed by atoms with Crippen LogP contribution in [0.5, 0.6) is 0 Å². The normalized spacial score (nSPS) is 11.5. The van der Waals surface area contributed by atoms with E-state index in [-0.39, 0.29) is 26.6 Å². The molecule has 0 spiro atoms. The van der Waals surface area contributed by atoms with Crippen LogP contribution in [0.2, 0.25) is 0 Å². The van der Waals surface area contributed by atoms with E-state index in [1.807, 2.05) is 32.0 Å². The smallest absolute Gasteiger partial charge is 0.316 e. The van der Waals surface area contributed by atoms with Gasteiger partial charge in [0.1, 0.15) is 6.07 Å². The Bertz CT molecular complexity index is 1310. The number of alkyl halides is 3. The maximum atomic E-state index is 13.1. The fraction of sp³-hybridized carbons (Fsp3) is 0.167. The maximum absolute atomic E-state index is 13.1. The van der Waals surface area contributed by atoms with Gasteiger partial charge in [-0.05, 0) is 37.5 Å². The first-order chi connectivity index (χ1) is 15.2. The third-order valence-electron chi connectivity index (χ3n) is 5.03. The zero-order chi connectivity index (χ0) is 22.9. The largest absolute Gasteiger partial charge is 2.00 e. The zero-order valence-corrected chi connectivity index (χ0v) is 19.7. The maximum Gasteiger partial charge on any atom is 2.00 e. The Morgan fingerprint density at radius 3 is 2.48 bits per heavy atom. The summed E-state index contributed by atoms with van der Waals surface area (Å²) in [6.07, 6.45) is -1.95. The second-order valence-electron chi connectivity index (χ2n) is 7.57. The van der Waals surface area contributed by atoms with E-state index >= 15 is 0 Å². The number of aromatic nitrogens is 4. The van der Waals surface area contributed by atoms with E-state index in [4.69, 9.17) is 0 Å². The van der Waals surface area contributed by atoms with E-state index in [9.17, 15) is 18.4 Å². The van der Waals surface area contributed by atoms with Crippen molar-refractivity contribution in [1.29, 1.82) is 5.26 Å². The van der Waals surface area contributed by atoms with Crippen LogP contribution >= 0.6 is 0 Å². The summed E-state index contributed by atoms with van der Waals surface area (Å²) in [6, 6.07) is 21.2. The molecule has 0 atom stereocenters. The first-order valence-corrected chi connectivity index (χ1v) is 9.60. The van der Waals surface area contributed by atoms with Crippen molar-refractivity contribution >= 4 is 0 Å². The Balaban J connectivity index is 0.00000306. The van der Waals surface area contributed by atoms with E-state index in [0.717, 1.165) is 12.3 Å². The molecule has 33 heavy (non-hydrogen) atoms. The van der Waals surface area contributed by atoms with Crippen LogP contribution in [0.3, 0.4) is 0 Å². The number of hydrogen-bond donors (Lipinski definition) is 0. The first kappa shape index (κ1) is 24.3. The van der Waals surface area contributed by atoms with Crippen LogP contribution < -0.4 is 0 Å². The monoisotopic (exact) mass is 626 g/mol. The predicted molar refractivity (Wildman–Crippen MR) is 111 cm³/mol. The minimum atomic E-state index is -4.57. The van der Waals surface area contributed by atoms with Crippen LogP contribution in [0, 0.1) is 23.5 Å². The van der Waals surface area contributed by atoms with Gasteiger partial charge >= 0.3 is 27.2 Å². The minimum Gasteiger partial charge on any atom is -0.316 e. The molecule has 0 unspecified atom stereocenters. The van der Waals surface area contributed by atoms with Crippen molar-refractivity contribution in [2.45, 2.75) is 25.4 Å². The second-order valence-corrected chi connectivity index (χ2v) is 7.57. The summed E-state index contributed by atoms with van der Waals surface area (Å²) in [5.74, 6) is 0. The summed E-state index contributed by atoms with van der Waals surface area (Å²) in [5, 5.41) is 14.3. The molecule has 0 N–H and O–H groups in total. The molecule has 0 saturated carbocycles. The summed E-state index contributed by atoms with van der Waals surface area (Å²) >= 11 is 0. The van der Waals surface area contributed by atoms with Gasteiger partial charge in [-0.3, -0.25) is 9.67 Å². The predicted octanol–water partition coefficient (Wildman–Crippen LogP) is 5.14. The molecule has 3 heterocycles. The number of nitriles is 1. The van der Waals surface area contributed by atoms with E-state index in [2.05, 4.69) is 33.3 Å². The van der Waals surface area contributed by atoms with Gasteiger partial charge < -0.3 is 4.98 Å². The van der Waals surface area contributed by atoms with Gasteiger partial charge in [-0.15, -0.1) is 12.1 Å². The molecule has 0 aliphatic carbocycles. The number of benzene rings is 1. The van der Waals surface area contributed by atoms with E-state index in [1.54, 1.807) is 35.1 Å². The summed E-state index contributed by atoms with van der Waals surface area (Å²) in [6.45, 7) is 3.72. The van der Waals surface area contributed by atoms with Crippen molar-refractivity contribution in [2.24, 2.45) is 0 Å². The number of para-hydroxylation sites is 1. The fourth-order valence-electron chi connectivity index (χ4n) is 3.31. The molecular formula is C24H16F3N5Pt. The van der Waals surface area contributed by atoms with Crippen LogP contribution in [0.4, 0.5) is 13.2 Å². The van der Waals surface area contributed by atoms with E-state index < -0.39 is 17.3 Å². The molecule has 4 rings (SSSR count). The van der Waals surface area contributed by atoms with Crippen LogP contribution in [0.15, 0.2) is 60.9 Å². The summed E-state index contributed by atoms with van der Waals surface area (Å²) in [5.41, 5.74) is 0.772. The van der Waals surface area contributed by atoms with Gasteiger partial charge in [-0.1, -0.05) is 12.1 Å². The minimum absolute atomic E-state index is 0. The van der Waals surface area contributed by atoms with Crippen LogP contribution in [0.1, 0.15) is 36.5 Å². The van der Waals surface area contributed by atoms with Crippen LogP contribution in [-0.2, 0) is 32.7 Å². The van der Waals surface area contributed by atoms with Crippen molar-refractivity contribution in [3.63, 3.8) is 0 Å². The molecule has 0 bridgehead atoms. The van der Waals surface area contributed by atoms with Crippen molar-refractivity contribution in [1.82, 2.24) is 19.7 Å². The summed E-state index contributed by atoms with van der Waals surface area (Å²) in [7, 11) is 0. The Hall–Kier alpha value is -3.30. The van der Waals surface area contributed by atoms with Gasteiger partial charge in [0, 0.05) is 11.9 Å². The molecule has 0 radical (unpaired) electrons. The van der Waals surface area contributed by atoms with Crippen LogP contribution in [0.25, 0.3) is 16.9 Å². The third kappa shape index (κ3) is 4.89. The first-order valence-electron chi connectivity index (χ1n) is 9.60. The second kappa shape index (κ2) is 9.28. The summed E-state index contributed by atoms with van der Waals surface area (Å²) < 4.78 is 40.8. The number of nitrogens with zero attached hydrogens (tertiary/aromatic N) is 5. The van der Waals surface area contributed by atoms with Crippen molar-refractivity contribution in [3.8, 4) is 23.0 Å². The van der Waals surface area contributed by atoms with E-state index in [1.165, 1.54) is 0 Å². The number of halogens is 3. The molecule has 0 fully saturated rings. The molecule has 4 aromatic rings. The molecule has 0 amide bonds. The summed E-state index contributed by atoms with van der Waals surface area (Å²) in [4.78, 5) is 7.93. The topological polar surface area (TPSA) is 67.4 Å². The molecule has 9 heteroatoms. The average Bonchev–Trinajstić information content (AvgIpc) is 3.25. The standard InChI is InChI=1S/C24H16F3N5.Pt/c1-23(2,22-17(14-28)15-32(31-22)18-7-4-3-5-8-18)20-10-6-9-19(30-20)16-11-12-29-21(13-16)24(25,26)27;/h3-7,9-10,12-13,15H,1-2H3;/q-2;+2. The molecule has 0 saturated heterocycles. The molecule has 0 aliphatic heterocycles. The molecule has 5 nitrogen and oxygen atoms in total. The quantitative estimate of drug-likeness (QED) is 0.295. The molecular weight excluding hydrogens is 610 g/mol. The van der Waals surface area contributed by atoms with E-state index in [0.29, 0.717) is 28.3 Å². The SMILES string of the molecule is CC(C)(c1cccc(-c2[c-]cnc(C(F)(F)F)c2)n1)c1nn(-c2[c-]cccc2)cc1C#N.[Pt+2]. The third-order valence-corrected chi connectivity index (χ3v) is 5.03. The van der Waals surface area contributed by atoms with Gasteiger partial charge in [0.05, 0.1) is 22.4 Å². The Kier molecular flexibility index (Phi) is 6.85. The number of pyridine rings is 2. The van der Waals surface area contributed by atoms with Crippen molar-refractivity contribution in [3.05, 3.63) is 95.7 Å². The van der Waals surface area contributed by atoms with Crippen molar-refractivity contribution < 1.29 is 34.2 Å². The molecule has 1 aromatic carbocycles. The van der Waals surface area contributed by atoms with Crippen molar-refractivity contribution in [2.75, 3.05) is 0 Å². The molecule has 168 valence electrons. The van der Waals surface area contributed by atoms with Gasteiger partial charge in [0.25, 0.3) is 0 Å². The van der Waals surface area contributed by atoms with Crippen LogP contribution in [-0.4, -0.2) is 19.7 Å². The zero-order valence-electron chi connectivity index (χ0n) is 17.5. The molecule has 0 aliphatic rings. The van der Waals surface area contributed by atoms with Gasteiger partial charge in [0.15, 0.2) is 0 Å². The number of hydrogen-bond acceptors (Lipinski definition) is 4. The van der Waals surface area contributed by atoms with Gasteiger partial charge in [-0.25, -0.2) is 0 Å². The van der Waals surface area contributed by atoms with Gasteiger partial charge in [0.2, 0.25) is 0 Å². The Labute approximate surface area is 203 Å². The Morgan fingerprint density at radius 2 is 1.82 bits per heavy atom. The fourth-order valence-corrected chi connectivity index (χ4v) is 3.31. The Morgan fingerprint density at radius 1 is 1.03 bits per heavy atom. The number of rotatable bonds is 4. The average molecular weight is 626 g/mol. The van der Waals surface area contributed by atoms with Gasteiger partial charge in [-0.2, -0.15) is 59.4 Å². The molecule has 3 aromatic heterocycles.